The van der Waals surface area contributed by atoms with Crippen molar-refractivity contribution >= 4 is 11.8 Å². The molecule has 1 aromatic carbocycles. The molecule has 2 heterocycles. The van der Waals surface area contributed by atoms with Crippen molar-refractivity contribution in [1.82, 2.24) is 20.2 Å². The Hall–Kier alpha value is -3.83. The molecule has 1 N–H and O–H groups in total. The first kappa shape index (κ1) is 27.8. The van der Waals surface area contributed by atoms with E-state index in [0.717, 1.165) is 5.56 Å². The Balaban J connectivity index is 1.89. The molecule has 2 amide bonds. The molecular weight excluding hydrogens is 489 g/mol. The van der Waals surface area contributed by atoms with E-state index < -0.39 is 24.0 Å². The van der Waals surface area contributed by atoms with Crippen LogP contribution in [0.2, 0.25) is 0 Å². The highest BCUT2D eigenvalue weighted by Gasteiger charge is 2.46. The van der Waals surface area contributed by atoms with Crippen molar-refractivity contribution in [2.45, 2.75) is 31.7 Å². The molecule has 0 aliphatic heterocycles. The van der Waals surface area contributed by atoms with Crippen molar-refractivity contribution in [3.8, 4) is 0 Å². The standard InChI is InChI=1S/C26H27F3N4O4/c1-36-37-18-21-4-6-22(7-5-21)23(24(34)32-15-10-19-8-13-30-14-9-19)33(25(35)26(27,28)29)16-11-20-3-2-12-31-17-20/h2-9,12-14,17,23H,10-11,15-16,18H2,1H3,(H,32,34). The lowest BCUT2D eigenvalue weighted by molar-refractivity contribution is -0.282. The molecule has 0 aliphatic carbocycles. The van der Waals surface area contributed by atoms with Gasteiger partial charge in [0, 0.05) is 37.9 Å². The normalized spacial score (nSPS) is 12.1. The summed E-state index contributed by atoms with van der Waals surface area (Å²) in [4.78, 5) is 43.8. The van der Waals surface area contributed by atoms with Crippen LogP contribution in [-0.2, 0) is 38.8 Å². The molecule has 0 bridgehead atoms. The van der Waals surface area contributed by atoms with Gasteiger partial charge in [0.1, 0.15) is 12.6 Å². The number of rotatable bonds is 12. The first-order chi connectivity index (χ1) is 17.8. The minimum Gasteiger partial charge on any atom is -0.354 e. The third kappa shape index (κ3) is 8.36. The second kappa shape index (κ2) is 13.5. The molecule has 0 radical (unpaired) electrons. The predicted molar refractivity (Wildman–Crippen MR) is 128 cm³/mol. The molecule has 196 valence electrons. The van der Waals surface area contributed by atoms with Crippen LogP contribution in [-0.4, -0.2) is 53.1 Å². The van der Waals surface area contributed by atoms with Crippen molar-refractivity contribution in [2.75, 3.05) is 20.2 Å². The number of aromatic nitrogens is 2. The van der Waals surface area contributed by atoms with Gasteiger partial charge in [-0.15, -0.1) is 0 Å². The molecule has 0 spiro atoms. The van der Waals surface area contributed by atoms with Crippen LogP contribution in [0, 0.1) is 0 Å². The van der Waals surface area contributed by atoms with Crippen molar-refractivity contribution in [1.29, 1.82) is 0 Å². The zero-order valence-corrected chi connectivity index (χ0v) is 20.1. The van der Waals surface area contributed by atoms with Crippen molar-refractivity contribution in [3.05, 3.63) is 95.6 Å². The first-order valence-corrected chi connectivity index (χ1v) is 11.5. The molecule has 0 saturated heterocycles. The number of hydrogen-bond donors (Lipinski definition) is 1. The van der Waals surface area contributed by atoms with Crippen LogP contribution < -0.4 is 5.32 Å². The van der Waals surface area contributed by atoms with E-state index in [2.05, 4.69) is 20.2 Å². The second-order valence-electron chi connectivity index (χ2n) is 8.08. The third-order valence-electron chi connectivity index (χ3n) is 5.53. The number of nitrogens with one attached hydrogen (secondary N) is 1. The number of pyridine rings is 2. The molecule has 37 heavy (non-hydrogen) atoms. The smallest absolute Gasteiger partial charge is 0.354 e. The highest BCUT2D eigenvalue weighted by molar-refractivity contribution is 5.90. The largest absolute Gasteiger partial charge is 0.471 e. The fraction of sp³-hybridized carbons (Fsp3) is 0.308. The number of alkyl halides is 3. The minimum atomic E-state index is -5.17. The van der Waals surface area contributed by atoms with E-state index in [1.165, 1.54) is 31.6 Å². The van der Waals surface area contributed by atoms with Gasteiger partial charge in [0.2, 0.25) is 5.91 Å². The van der Waals surface area contributed by atoms with Crippen LogP contribution >= 0.6 is 0 Å². The lowest BCUT2D eigenvalue weighted by atomic mass is 10.0. The number of nitrogens with zero attached hydrogens (tertiary/aromatic N) is 3. The Morgan fingerprint density at radius 3 is 2.30 bits per heavy atom. The number of hydrogen-bond acceptors (Lipinski definition) is 6. The van der Waals surface area contributed by atoms with Crippen LogP contribution in [0.25, 0.3) is 0 Å². The van der Waals surface area contributed by atoms with E-state index in [9.17, 15) is 22.8 Å². The van der Waals surface area contributed by atoms with E-state index in [0.29, 0.717) is 22.4 Å². The van der Waals surface area contributed by atoms with Gasteiger partial charge in [0.15, 0.2) is 0 Å². The number of carbonyl (C=O) groups excluding carboxylic acids is 2. The van der Waals surface area contributed by atoms with Gasteiger partial charge in [-0.25, -0.2) is 9.78 Å². The van der Waals surface area contributed by atoms with Crippen molar-refractivity contribution in [3.63, 3.8) is 0 Å². The van der Waals surface area contributed by atoms with Gasteiger partial charge in [-0.2, -0.15) is 13.2 Å². The Labute approximate surface area is 212 Å². The van der Waals surface area contributed by atoms with E-state index in [-0.39, 0.29) is 31.7 Å². The van der Waals surface area contributed by atoms with Crippen molar-refractivity contribution < 1.29 is 32.5 Å². The topological polar surface area (TPSA) is 93.7 Å². The fourth-order valence-electron chi connectivity index (χ4n) is 3.68. The highest BCUT2D eigenvalue weighted by atomic mass is 19.4. The Kier molecular flexibility index (Phi) is 10.1. The summed E-state index contributed by atoms with van der Waals surface area (Å²) < 4.78 is 41.0. The van der Waals surface area contributed by atoms with E-state index in [1.54, 1.807) is 48.8 Å². The van der Waals surface area contributed by atoms with Crippen molar-refractivity contribution in [2.24, 2.45) is 0 Å². The van der Waals surface area contributed by atoms with Crippen LogP contribution in [0.5, 0.6) is 0 Å². The molecule has 1 atom stereocenters. The summed E-state index contributed by atoms with van der Waals surface area (Å²) in [7, 11) is 1.35. The van der Waals surface area contributed by atoms with Gasteiger partial charge in [0.05, 0.1) is 7.11 Å². The van der Waals surface area contributed by atoms with Gasteiger partial charge in [-0.1, -0.05) is 30.3 Å². The molecule has 1 unspecified atom stereocenters. The average Bonchev–Trinajstić information content (AvgIpc) is 2.90. The average molecular weight is 517 g/mol. The second-order valence-corrected chi connectivity index (χ2v) is 8.08. The molecule has 0 aliphatic rings. The summed E-state index contributed by atoms with van der Waals surface area (Å²) in [6, 6.07) is 11.6. The molecule has 0 fully saturated rings. The molecule has 8 nitrogen and oxygen atoms in total. The minimum absolute atomic E-state index is 0.0796. The highest BCUT2D eigenvalue weighted by Crippen LogP contribution is 2.28. The lowest BCUT2D eigenvalue weighted by Crippen LogP contribution is -2.49. The van der Waals surface area contributed by atoms with E-state index >= 15 is 0 Å². The maximum atomic E-state index is 13.7. The van der Waals surface area contributed by atoms with E-state index in [1.807, 2.05) is 0 Å². The third-order valence-corrected chi connectivity index (χ3v) is 5.53. The summed E-state index contributed by atoms with van der Waals surface area (Å²) in [6.07, 6.45) is 1.61. The quantitative estimate of drug-likeness (QED) is 0.292. The molecule has 0 saturated carbocycles. The fourth-order valence-corrected chi connectivity index (χ4v) is 3.68. The maximum Gasteiger partial charge on any atom is 0.471 e. The van der Waals surface area contributed by atoms with Gasteiger partial charge < -0.3 is 10.2 Å². The monoisotopic (exact) mass is 516 g/mol. The van der Waals surface area contributed by atoms with Crippen LogP contribution in [0.1, 0.15) is 28.3 Å². The van der Waals surface area contributed by atoms with Gasteiger partial charge in [-0.05, 0) is 53.3 Å². The van der Waals surface area contributed by atoms with Gasteiger partial charge in [0.25, 0.3) is 0 Å². The van der Waals surface area contributed by atoms with Gasteiger partial charge in [-0.3, -0.25) is 19.6 Å². The van der Waals surface area contributed by atoms with Gasteiger partial charge >= 0.3 is 12.1 Å². The number of amides is 2. The first-order valence-electron chi connectivity index (χ1n) is 11.5. The molecule has 2 aromatic heterocycles. The molecule has 3 rings (SSSR count). The summed E-state index contributed by atoms with van der Waals surface area (Å²) in [5.41, 5.74) is 2.43. The SMILES string of the molecule is COOCc1ccc(C(C(=O)NCCc2ccncc2)N(CCc2cccnc2)C(=O)C(F)(F)F)cc1. The van der Waals surface area contributed by atoms with Crippen LogP contribution in [0.15, 0.2) is 73.3 Å². The zero-order valence-electron chi connectivity index (χ0n) is 20.1. The molecular formula is C26H27F3N4O4. The Bertz CT molecular complexity index is 1130. The molecule has 11 heteroatoms. The Morgan fingerprint density at radius 1 is 0.946 bits per heavy atom. The van der Waals surface area contributed by atoms with Crippen LogP contribution in [0.3, 0.4) is 0 Å². The number of halogens is 3. The summed E-state index contributed by atoms with van der Waals surface area (Å²) in [5, 5.41) is 2.69. The summed E-state index contributed by atoms with van der Waals surface area (Å²) in [6.45, 7) is -0.0808. The predicted octanol–water partition coefficient (Wildman–Crippen LogP) is 3.59. The Morgan fingerprint density at radius 2 is 1.68 bits per heavy atom. The van der Waals surface area contributed by atoms with Crippen LogP contribution in [0.4, 0.5) is 13.2 Å². The number of carbonyl (C=O) groups is 2. The summed E-state index contributed by atoms with van der Waals surface area (Å²) >= 11 is 0. The number of benzene rings is 1. The lowest BCUT2D eigenvalue weighted by Gasteiger charge is -2.32. The molecule has 3 aromatic rings. The van der Waals surface area contributed by atoms with E-state index in [4.69, 9.17) is 4.89 Å². The zero-order chi connectivity index (χ0) is 26.7. The summed E-state index contributed by atoms with van der Waals surface area (Å²) in [5.74, 6) is -2.82. The maximum absolute atomic E-state index is 13.7.